The van der Waals surface area contributed by atoms with Crippen LogP contribution in [0.3, 0.4) is 0 Å². The van der Waals surface area contributed by atoms with Crippen LogP contribution in [0.15, 0.2) is 12.3 Å². The lowest BCUT2D eigenvalue weighted by Crippen LogP contribution is -2.13. The molecule has 0 radical (unpaired) electrons. The molecule has 1 saturated heterocycles. The Morgan fingerprint density at radius 3 is 2.76 bits per heavy atom. The Hall–Kier alpha value is -1.50. The zero-order valence-corrected chi connectivity index (χ0v) is 8.97. The van der Waals surface area contributed by atoms with Crippen molar-refractivity contribution in [2.24, 2.45) is 0 Å². The molecule has 1 amide bonds. The van der Waals surface area contributed by atoms with Crippen LogP contribution in [0.1, 0.15) is 17.2 Å². The van der Waals surface area contributed by atoms with Gasteiger partial charge in [0.2, 0.25) is 0 Å². The van der Waals surface area contributed by atoms with Gasteiger partial charge in [-0.2, -0.15) is 13.2 Å². The molecule has 1 fully saturated rings. The summed E-state index contributed by atoms with van der Waals surface area (Å²) in [7, 11) is 0. The summed E-state index contributed by atoms with van der Waals surface area (Å²) < 4.78 is 42.1. The molecule has 1 atom stereocenters. The Bertz CT molecular complexity index is 464. The number of carbonyl (C=O) groups is 1. The second-order valence-electron chi connectivity index (χ2n) is 3.38. The predicted octanol–water partition coefficient (Wildman–Crippen LogP) is 2.53. The molecule has 2 heterocycles. The second kappa shape index (κ2) is 4.06. The molecule has 1 aromatic rings. The number of alkyl carbamates (subject to hydrolysis) is 1. The standard InChI is InChI=1S/C9H6ClF3N2O2/c10-7-5(6-3-15-8(16)17-6)1-4(2-14-7)9(11,12)13/h1-2,6H,3H2,(H,15,16). The van der Waals surface area contributed by atoms with E-state index in [0.717, 1.165) is 6.07 Å². The van der Waals surface area contributed by atoms with E-state index in [2.05, 4.69) is 10.3 Å². The van der Waals surface area contributed by atoms with Gasteiger partial charge in [0.15, 0.2) is 0 Å². The summed E-state index contributed by atoms with van der Waals surface area (Å²) >= 11 is 5.68. The molecular weight excluding hydrogens is 261 g/mol. The molecule has 92 valence electrons. The molecule has 0 spiro atoms. The van der Waals surface area contributed by atoms with E-state index in [9.17, 15) is 18.0 Å². The van der Waals surface area contributed by atoms with Crippen LogP contribution in [0.25, 0.3) is 0 Å². The highest BCUT2D eigenvalue weighted by atomic mass is 35.5. The Balaban J connectivity index is 2.36. The topological polar surface area (TPSA) is 51.2 Å². The molecule has 1 unspecified atom stereocenters. The molecule has 0 aliphatic carbocycles. The molecule has 4 nitrogen and oxygen atoms in total. The van der Waals surface area contributed by atoms with E-state index >= 15 is 0 Å². The Kier molecular flexibility index (Phi) is 2.86. The number of amides is 1. The number of pyridine rings is 1. The van der Waals surface area contributed by atoms with Crippen LogP contribution >= 0.6 is 11.6 Å². The fraction of sp³-hybridized carbons (Fsp3) is 0.333. The van der Waals surface area contributed by atoms with Crippen LogP contribution in [0.2, 0.25) is 5.15 Å². The maximum atomic E-state index is 12.5. The number of alkyl halides is 3. The first kappa shape index (κ1) is 12.0. The third-order valence-electron chi connectivity index (χ3n) is 2.22. The highest BCUT2D eigenvalue weighted by molar-refractivity contribution is 6.30. The molecule has 1 N–H and O–H groups in total. The van der Waals surface area contributed by atoms with Crippen molar-refractivity contribution in [2.75, 3.05) is 6.54 Å². The minimum atomic E-state index is -4.51. The van der Waals surface area contributed by atoms with Crippen molar-refractivity contribution in [1.82, 2.24) is 10.3 Å². The van der Waals surface area contributed by atoms with Crippen LogP contribution in [0.5, 0.6) is 0 Å². The molecule has 8 heteroatoms. The first-order valence-corrected chi connectivity index (χ1v) is 4.93. The van der Waals surface area contributed by atoms with Crippen molar-refractivity contribution in [3.63, 3.8) is 0 Å². The van der Waals surface area contributed by atoms with Crippen molar-refractivity contribution in [1.29, 1.82) is 0 Å². The van der Waals surface area contributed by atoms with Crippen molar-refractivity contribution in [2.45, 2.75) is 12.3 Å². The Labute approximate surface area is 98.7 Å². The van der Waals surface area contributed by atoms with E-state index in [1.807, 2.05) is 0 Å². The molecule has 2 rings (SSSR count). The van der Waals surface area contributed by atoms with E-state index in [1.165, 1.54) is 0 Å². The van der Waals surface area contributed by atoms with E-state index < -0.39 is 23.9 Å². The molecule has 17 heavy (non-hydrogen) atoms. The first-order valence-electron chi connectivity index (χ1n) is 4.55. The number of cyclic esters (lactones) is 1. The minimum absolute atomic E-state index is 0.0415. The molecule has 0 bridgehead atoms. The average Bonchev–Trinajstić information content (AvgIpc) is 2.63. The summed E-state index contributed by atoms with van der Waals surface area (Å²) in [5.41, 5.74) is -0.889. The van der Waals surface area contributed by atoms with Crippen LogP contribution in [0.4, 0.5) is 18.0 Å². The third-order valence-corrected chi connectivity index (χ3v) is 2.54. The number of hydrogen-bond acceptors (Lipinski definition) is 3. The van der Waals surface area contributed by atoms with Gasteiger partial charge in [0.05, 0.1) is 12.1 Å². The van der Waals surface area contributed by atoms with Crippen molar-refractivity contribution >= 4 is 17.7 Å². The lowest BCUT2D eigenvalue weighted by molar-refractivity contribution is -0.137. The molecule has 1 aliphatic heterocycles. The third kappa shape index (κ3) is 2.44. The number of halogens is 4. The number of nitrogens with zero attached hydrogens (tertiary/aromatic N) is 1. The van der Waals surface area contributed by atoms with Crippen LogP contribution in [0, 0.1) is 0 Å². The fourth-order valence-corrected chi connectivity index (χ4v) is 1.63. The lowest BCUT2D eigenvalue weighted by Gasteiger charge is -2.12. The summed E-state index contributed by atoms with van der Waals surface area (Å²) in [5, 5.41) is 2.21. The second-order valence-corrected chi connectivity index (χ2v) is 3.73. The van der Waals surface area contributed by atoms with Crippen molar-refractivity contribution in [3.8, 4) is 0 Å². The largest absolute Gasteiger partial charge is 0.439 e. The number of ether oxygens (including phenoxy) is 1. The van der Waals surface area contributed by atoms with Gasteiger partial charge in [-0.1, -0.05) is 11.6 Å². The molecule has 1 aromatic heterocycles. The molecule has 0 aromatic carbocycles. The van der Waals surface area contributed by atoms with Crippen LogP contribution < -0.4 is 5.32 Å². The summed E-state index contributed by atoms with van der Waals surface area (Å²) in [6.45, 7) is 0.0710. The average molecular weight is 267 g/mol. The van der Waals surface area contributed by atoms with Crippen molar-refractivity contribution < 1.29 is 22.7 Å². The van der Waals surface area contributed by atoms with Gasteiger partial charge in [-0.05, 0) is 6.07 Å². The number of aromatic nitrogens is 1. The first-order chi connectivity index (χ1) is 7.88. The predicted molar refractivity (Wildman–Crippen MR) is 51.5 cm³/mol. The van der Waals surface area contributed by atoms with Crippen LogP contribution in [-0.4, -0.2) is 17.6 Å². The van der Waals surface area contributed by atoms with Crippen LogP contribution in [-0.2, 0) is 10.9 Å². The van der Waals surface area contributed by atoms with Gasteiger partial charge < -0.3 is 10.1 Å². The molecule has 1 aliphatic rings. The maximum Gasteiger partial charge on any atom is 0.417 e. The van der Waals surface area contributed by atoms with E-state index in [4.69, 9.17) is 16.3 Å². The lowest BCUT2D eigenvalue weighted by atomic mass is 10.1. The van der Waals surface area contributed by atoms with E-state index in [-0.39, 0.29) is 17.3 Å². The number of rotatable bonds is 1. The molecule has 0 saturated carbocycles. The van der Waals surface area contributed by atoms with Gasteiger partial charge in [0, 0.05) is 11.8 Å². The van der Waals surface area contributed by atoms with Gasteiger partial charge in [-0.15, -0.1) is 0 Å². The highest BCUT2D eigenvalue weighted by Gasteiger charge is 2.34. The van der Waals surface area contributed by atoms with Gasteiger partial charge in [0.1, 0.15) is 11.3 Å². The van der Waals surface area contributed by atoms with Gasteiger partial charge in [-0.25, -0.2) is 9.78 Å². The quantitative estimate of drug-likeness (QED) is 0.795. The number of carbonyl (C=O) groups excluding carboxylic acids is 1. The smallest absolute Gasteiger partial charge is 0.417 e. The van der Waals surface area contributed by atoms with Crippen molar-refractivity contribution in [3.05, 3.63) is 28.5 Å². The van der Waals surface area contributed by atoms with E-state index in [1.54, 1.807) is 0 Å². The monoisotopic (exact) mass is 266 g/mol. The SMILES string of the molecule is O=C1NCC(c2cc(C(F)(F)F)cnc2Cl)O1. The van der Waals surface area contributed by atoms with E-state index in [0.29, 0.717) is 6.20 Å². The summed E-state index contributed by atoms with van der Waals surface area (Å²) in [6.07, 6.45) is -5.41. The zero-order valence-electron chi connectivity index (χ0n) is 8.21. The normalized spacial score (nSPS) is 20.0. The zero-order chi connectivity index (χ0) is 12.6. The Morgan fingerprint density at radius 2 is 2.24 bits per heavy atom. The maximum absolute atomic E-state index is 12.5. The number of nitrogens with one attached hydrogen (secondary N) is 1. The fourth-order valence-electron chi connectivity index (χ4n) is 1.41. The minimum Gasteiger partial charge on any atom is -0.439 e. The Morgan fingerprint density at radius 1 is 1.53 bits per heavy atom. The highest BCUT2D eigenvalue weighted by Crippen LogP contribution is 2.34. The summed E-state index contributed by atoms with van der Waals surface area (Å²) in [6, 6.07) is 0.834. The number of hydrogen-bond donors (Lipinski definition) is 1. The summed E-state index contributed by atoms with van der Waals surface area (Å²) in [4.78, 5) is 14.2. The molecular formula is C9H6ClF3N2O2. The van der Waals surface area contributed by atoms with Gasteiger partial charge >= 0.3 is 12.3 Å². The van der Waals surface area contributed by atoms with Gasteiger partial charge in [0.25, 0.3) is 0 Å². The van der Waals surface area contributed by atoms with Gasteiger partial charge in [-0.3, -0.25) is 0 Å². The summed E-state index contributed by atoms with van der Waals surface area (Å²) in [5.74, 6) is 0.